The second-order valence-electron chi connectivity index (χ2n) is 7.77. The van der Waals surface area contributed by atoms with Crippen LogP contribution in [0.4, 0.5) is 11.4 Å². The predicted octanol–water partition coefficient (Wildman–Crippen LogP) is 4.59. The molecule has 138 valence electrons. The lowest BCUT2D eigenvalue weighted by Crippen LogP contribution is -2.36. The van der Waals surface area contributed by atoms with Gasteiger partial charge in [0.15, 0.2) is 0 Å². The first-order chi connectivity index (χ1) is 12.1. The summed E-state index contributed by atoms with van der Waals surface area (Å²) in [5.41, 5.74) is 4.80. The normalized spacial score (nSPS) is 11.2. The number of amides is 2. The fourth-order valence-electron chi connectivity index (χ4n) is 2.73. The maximum Gasteiger partial charge on any atom is 0.244 e. The van der Waals surface area contributed by atoms with Crippen LogP contribution in [0.25, 0.3) is 0 Å². The van der Waals surface area contributed by atoms with Crippen LogP contribution >= 0.6 is 0 Å². The van der Waals surface area contributed by atoms with Crippen molar-refractivity contribution < 1.29 is 9.59 Å². The minimum atomic E-state index is -0.214. The SMILES string of the molecule is CC(=O)N(CC(=O)Nc1cc(C)ccc1C)c1ccc(C(C)(C)C)cc1. The number of nitrogens with one attached hydrogen (secondary N) is 1. The van der Waals surface area contributed by atoms with E-state index in [9.17, 15) is 9.59 Å². The summed E-state index contributed by atoms with van der Waals surface area (Å²) >= 11 is 0. The summed E-state index contributed by atoms with van der Waals surface area (Å²) < 4.78 is 0. The molecular weight excluding hydrogens is 324 g/mol. The molecule has 2 aromatic carbocycles. The Labute approximate surface area is 156 Å². The monoisotopic (exact) mass is 352 g/mol. The molecule has 2 aromatic rings. The highest BCUT2D eigenvalue weighted by Gasteiger charge is 2.18. The van der Waals surface area contributed by atoms with E-state index in [1.165, 1.54) is 17.4 Å². The van der Waals surface area contributed by atoms with Crippen molar-refractivity contribution in [3.63, 3.8) is 0 Å². The van der Waals surface area contributed by atoms with Gasteiger partial charge in [-0.05, 0) is 54.2 Å². The molecule has 0 aliphatic rings. The molecule has 0 saturated carbocycles. The molecule has 2 rings (SSSR count). The molecule has 0 saturated heterocycles. The Bertz CT molecular complexity index is 802. The molecule has 1 N–H and O–H groups in total. The highest BCUT2D eigenvalue weighted by Crippen LogP contribution is 2.25. The zero-order valence-corrected chi connectivity index (χ0v) is 16.5. The molecule has 0 fully saturated rings. The average Bonchev–Trinajstić information content (AvgIpc) is 2.55. The van der Waals surface area contributed by atoms with Gasteiger partial charge in [0.25, 0.3) is 0 Å². The van der Waals surface area contributed by atoms with Gasteiger partial charge in [0.05, 0.1) is 0 Å². The van der Waals surface area contributed by atoms with Crippen molar-refractivity contribution in [2.24, 2.45) is 0 Å². The van der Waals surface area contributed by atoms with E-state index < -0.39 is 0 Å². The summed E-state index contributed by atoms with van der Waals surface area (Å²) in [6.07, 6.45) is 0. The zero-order chi connectivity index (χ0) is 19.5. The van der Waals surface area contributed by atoms with Gasteiger partial charge in [-0.2, -0.15) is 0 Å². The van der Waals surface area contributed by atoms with Crippen LogP contribution in [-0.4, -0.2) is 18.4 Å². The molecule has 0 radical (unpaired) electrons. The van der Waals surface area contributed by atoms with Crippen molar-refractivity contribution in [3.8, 4) is 0 Å². The molecular formula is C22H28N2O2. The van der Waals surface area contributed by atoms with Gasteiger partial charge >= 0.3 is 0 Å². The standard InChI is InChI=1S/C22H28N2O2/c1-15-7-8-16(2)20(13-15)23-21(26)14-24(17(3)25)19-11-9-18(10-12-19)22(4,5)6/h7-13H,14H2,1-6H3,(H,23,26). The van der Waals surface area contributed by atoms with Gasteiger partial charge in [-0.25, -0.2) is 0 Å². The fourth-order valence-corrected chi connectivity index (χ4v) is 2.73. The van der Waals surface area contributed by atoms with Crippen molar-refractivity contribution >= 4 is 23.2 Å². The number of rotatable bonds is 4. The Hall–Kier alpha value is -2.62. The van der Waals surface area contributed by atoms with Crippen LogP contribution in [0.3, 0.4) is 0 Å². The smallest absolute Gasteiger partial charge is 0.244 e. The van der Waals surface area contributed by atoms with Gasteiger partial charge in [-0.1, -0.05) is 45.0 Å². The number of hydrogen-bond donors (Lipinski definition) is 1. The second-order valence-corrected chi connectivity index (χ2v) is 7.77. The minimum absolute atomic E-state index is 0.0163. The molecule has 0 aromatic heterocycles. The number of aryl methyl sites for hydroxylation is 2. The van der Waals surface area contributed by atoms with Crippen molar-refractivity contribution in [1.29, 1.82) is 0 Å². The Morgan fingerprint density at radius 1 is 1.00 bits per heavy atom. The lowest BCUT2D eigenvalue weighted by atomic mass is 9.87. The third kappa shape index (κ3) is 4.94. The maximum absolute atomic E-state index is 12.5. The van der Waals surface area contributed by atoms with E-state index in [0.29, 0.717) is 0 Å². The van der Waals surface area contributed by atoms with Crippen molar-refractivity contribution in [2.45, 2.75) is 47.0 Å². The van der Waals surface area contributed by atoms with Crippen molar-refractivity contribution in [1.82, 2.24) is 0 Å². The molecule has 0 heterocycles. The predicted molar refractivity (Wildman–Crippen MR) is 108 cm³/mol. The van der Waals surface area contributed by atoms with Crippen molar-refractivity contribution in [3.05, 3.63) is 59.2 Å². The molecule has 4 nitrogen and oxygen atoms in total. The molecule has 4 heteroatoms. The number of anilines is 2. The molecule has 0 bridgehead atoms. The van der Waals surface area contributed by atoms with E-state index in [2.05, 4.69) is 26.1 Å². The minimum Gasteiger partial charge on any atom is -0.324 e. The van der Waals surface area contributed by atoms with E-state index in [1.807, 2.05) is 56.3 Å². The summed E-state index contributed by atoms with van der Waals surface area (Å²) in [5.74, 6) is -0.376. The van der Waals surface area contributed by atoms with Gasteiger partial charge in [-0.3, -0.25) is 9.59 Å². The zero-order valence-electron chi connectivity index (χ0n) is 16.5. The number of hydrogen-bond acceptors (Lipinski definition) is 2. The summed E-state index contributed by atoms with van der Waals surface area (Å²) in [4.78, 5) is 26.1. The summed E-state index contributed by atoms with van der Waals surface area (Å²) in [5, 5.41) is 2.91. The Morgan fingerprint density at radius 3 is 2.15 bits per heavy atom. The lowest BCUT2D eigenvalue weighted by Gasteiger charge is -2.23. The van der Waals surface area contributed by atoms with Gasteiger partial charge < -0.3 is 10.2 Å². The summed E-state index contributed by atoms with van der Waals surface area (Å²) in [6, 6.07) is 13.7. The third-order valence-electron chi connectivity index (χ3n) is 4.39. The lowest BCUT2D eigenvalue weighted by molar-refractivity contribution is -0.120. The molecule has 0 spiro atoms. The summed E-state index contributed by atoms with van der Waals surface area (Å²) in [6.45, 7) is 11.8. The van der Waals surface area contributed by atoms with E-state index in [-0.39, 0.29) is 23.8 Å². The van der Waals surface area contributed by atoms with Gasteiger partial charge in [-0.15, -0.1) is 0 Å². The third-order valence-corrected chi connectivity index (χ3v) is 4.39. The number of carbonyl (C=O) groups is 2. The average molecular weight is 352 g/mol. The first-order valence-corrected chi connectivity index (χ1v) is 8.83. The van der Waals surface area contributed by atoms with E-state index in [1.54, 1.807) is 0 Å². The fraction of sp³-hybridized carbons (Fsp3) is 0.364. The molecule has 0 aliphatic heterocycles. The van der Waals surface area contributed by atoms with E-state index in [0.717, 1.165) is 22.5 Å². The van der Waals surface area contributed by atoms with Crippen LogP contribution in [0.5, 0.6) is 0 Å². The van der Waals surface area contributed by atoms with Gasteiger partial charge in [0, 0.05) is 18.3 Å². The number of benzene rings is 2. The molecule has 2 amide bonds. The largest absolute Gasteiger partial charge is 0.324 e. The topological polar surface area (TPSA) is 49.4 Å². The first-order valence-electron chi connectivity index (χ1n) is 8.83. The number of nitrogens with zero attached hydrogens (tertiary/aromatic N) is 1. The number of carbonyl (C=O) groups excluding carboxylic acids is 2. The molecule has 0 aliphatic carbocycles. The van der Waals surface area contributed by atoms with Crippen LogP contribution in [0.2, 0.25) is 0 Å². The van der Waals surface area contributed by atoms with E-state index in [4.69, 9.17) is 0 Å². The molecule has 0 unspecified atom stereocenters. The Morgan fingerprint density at radius 2 is 1.62 bits per heavy atom. The van der Waals surface area contributed by atoms with Crippen LogP contribution in [-0.2, 0) is 15.0 Å². The van der Waals surface area contributed by atoms with Crippen LogP contribution in [0, 0.1) is 13.8 Å². The highest BCUT2D eigenvalue weighted by atomic mass is 16.2. The van der Waals surface area contributed by atoms with Gasteiger partial charge in [0.1, 0.15) is 6.54 Å². The molecule has 0 atom stereocenters. The summed E-state index contributed by atoms with van der Waals surface area (Å²) in [7, 11) is 0. The molecule has 26 heavy (non-hydrogen) atoms. The first kappa shape index (κ1) is 19.7. The van der Waals surface area contributed by atoms with Crippen LogP contribution in [0.15, 0.2) is 42.5 Å². The van der Waals surface area contributed by atoms with Gasteiger partial charge in [0.2, 0.25) is 11.8 Å². The van der Waals surface area contributed by atoms with E-state index >= 15 is 0 Å². The highest BCUT2D eigenvalue weighted by molar-refractivity contribution is 6.02. The Kier molecular flexibility index (Phi) is 5.86. The second kappa shape index (κ2) is 7.73. The van der Waals surface area contributed by atoms with Crippen LogP contribution in [0.1, 0.15) is 44.4 Å². The quantitative estimate of drug-likeness (QED) is 0.875. The van der Waals surface area contributed by atoms with Crippen molar-refractivity contribution in [2.75, 3.05) is 16.8 Å². The van der Waals surface area contributed by atoms with Crippen LogP contribution < -0.4 is 10.2 Å². The maximum atomic E-state index is 12.5. The Balaban J connectivity index is 2.16.